The van der Waals surface area contributed by atoms with Gasteiger partial charge in [0.15, 0.2) is 0 Å². The Morgan fingerprint density at radius 1 is 0.400 bits per heavy atom. The van der Waals surface area contributed by atoms with Gasteiger partial charge in [-0.15, -0.1) is 0 Å². The molecule has 0 aliphatic heterocycles. The molecular weight excluding hydrogens is 400 g/mol. The molecule has 0 bridgehead atoms. The van der Waals surface area contributed by atoms with Crippen molar-refractivity contribution >= 4 is 35.8 Å². The van der Waals surface area contributed by atoms with Gasteiger partial charge in [-0.3, -0.25) is 28.8 Å². The Bertz CT molecular complexity index is 544. The molecule has 0 amide bonds. The number of ether oxygens (including phenoxy) is 2. The second-order valence-electron chi connectivity index (χ2n) is 6.81. The Balaban J connectivity index is 3.56. The van der Waals surface area contributed by atoms with E-state index in [1.165, 1.54) is 0 Å². The molecule has 0 aromatic rings. The van der Waals surface area contributed by atoms with E-state index < -0.39 is 35.8 Å². The summed E-state index contributed by atoms with van der Waals surface area (Å²) < 4.78 is 9.19. The van der Waals surface area contributed by atoms with Crippen LogP contribution in [-0.2, 0) is 38.2 Å². The molecule has 10 nitrogen and oxygen atoms in total. The van der Waals surface area contributed by atoms with E-state index in [2.05, 4.69) is 9.47 Å². The van der Waals surface area contributed by atoms with Gasteiger partial charge in [-0.25, -0.2) is 0 Å². The number of esters is 4. The predicted octanol–water partition coefficient (Wildman–Crippen LogP) is 2.76. The quantitative estimate of drug-likeness (QED) is 0.199. The zero-order valence-corrected chi connectivity index (χ0v) is 17.1. The largest absolute Gasteiger partial charge is 0.481 e. The molecule has 0 rings (SSSR count). The van der Waals surface area contributed by atoms with Crippen LogP contribution in [0.3, 0.4) is 0 Å². The van der Waals surface area contributed by atoms with Crippen molar-refractivity contribution in [3.05, 3.63) is 0 Å². The summed E-state index contributed by atoms with van der Waals surface area (Å²) in [5.41, 5.74) is 0. The molecule has 30 heavy (non-hydrogen) atoms. The van der Waals surface area contributed by atoms with Gasteiger partial charge in [0, 0.05) is 38.5 Å². The van der Waals surface area contributed by atoms with Crippen LogP contribution in [-0.4, -0.2) is 46.0 Å². The van der Waals surface area contributed by atoms with Crippen molar-refractivity contribution in [1.29, 1.82) is 0 Å². The zero-order chi connectivity index (χ0) is 22.8. The van der Waals surface area contributed by atoms with E-state index in [0.29, 0.717) is 12.8 Å². The van der Waals surface area contributed by atoms with Crippen LogP contribution in [0.25, 0.3) is 0 Å². The third-order valence-corrected chi connectivity index (χ3v) is 4.01. The first kappa shape index (κ1) is 27.2. The first-order chi connectivity index (χ1) is 14.2. The van der Waals surface area contributed by atoms with Gasteiger partial charge in [-0.2, -0.15) is 0 Å². The smallest absolute Gasteiger partial charge is 0.313 e. The van der Waals surface area contributed by atoms with E-state index in [-0.39, 0.29) is 51.4 Å². The maximum Gasteiger partial charge on any atom is 0.313 e. The first-order valence-electron chi connectivity index (χ1n) is 10.1. The highest BCUT2D eigenvalue weighted by atomic mass is 16.6. The lowest BCUT2D eigenvalue weighted by Crippen LogP contribution is -2.12. The third-order valence-electron chi connectivity index (χ3n) is 4.01. The molecule has 0 heterocycles. The van der Waals surface area contributed by atoms with Crippen molar-refractivity contribution in [2.45, 2.75) is 89.9 Å². The number of hydrogen-bond acceptors (Lipinski definition) is 8. The molecule has 0 aromatic carbocycles. The van der Waals surface area contributed by atoms with Crippen molar-refractivity contribution in [3.63, 3.8) is 0 Å². The van der Waals surface area contributed by atoms with Crippen molar-refractivity contribution in [1.82, 2.24) is 0 Å². The summed E-state index contributed by atoms with van der Waals surface area (Å²) in [5, 5.41) is 16.9. The zero-order valence-electron chi connectivity index (χ0n) is 17.1. The van der Waals surface area contributed by atoms with Gasteiger partial charge in [-0.05, 0) is 25.7 Å². The van der Waals surface area contributed by atoms with Crippen LogP contribution < -0.4 is 0 Å². The third kappa shape index (κ3) is 18.6. The van der Waals surface area contributed by atoms with Crippen LogP contribution in [0, 0.1) is 0 Å². The predicted molar refractivity (Wildman–Crippen MR) is 102 cm³/mol. The van der Waals surface area contributed by atoms with Gasteiger partial charge >= 0.3 is 35.8 Å². The molecule has 0 radical (unpaired) electrons. The summed E-state index contributed by atoms with van der Waals surface area (Å²) in [7, 11) is 0. The second kappa shape index (κ2) is 17.1. The maximum atomic E-state index is 11.5. The van der Waals surface area contributed by atoms with Crippen LogP contribution in [0.4, 0.5) is 0 Å². The van der Waals surface area contributed by atoms with Gasteiger partial charge in [0.05, 0.1) is 0 Å². The minimum atomic E-state index is -1.01. The molecular formula is C20H30O10. The fraction of sp³-hybridized carbons (Fsp3) is 0.700. The summed E-state index contributed by atoms with van der Waals surface area (Å²) in [5.74, 6) is -4.68. The first-order valence-corrected chi connectivity index (χ1v) is 10.1. The van der Waals surface area contributed by atoms with E-state index in [9.17, 15) is 28.8 Å². The number of hydrogen-bond donors (Lipinski definition) is 2. The maximum absolute atomic E-state index is 11.5. The Hall–Kier alpha value is -2.78. The van der Waals surface area contributed by atoms with E-state index >= 15 is 0 Å². The molecule has 0 saturated heterocycles. The molecule has 0 fully saturated rings. The lowest BCUT2D eigenvalue weighted by molar-refractivity contribution is -0.161. The highest BCUT2D eigenvalue weighted by Crippen LogP contribution is 2.10. The van der Waals surface area contributed by atoms with E-state index in [1.54, 1.807) is 0 Å². The van der Waals surface area contributed by atoms with Gasteiger partial charge in [0.2, 0.25) is 0 Å². The van der Waals surface area contributed by atoms with E-state index in [0.717, 1.165) is 25.7 Å². The molecule has 0 unspecified atom stereocenters. The average Bonchev–Trinajstić information content (AvgIpc) is 2.63. The lowest BCUT2D eigenvalue weighted by Gasteiger charge is -2.04. The normalized spacial score (nSPS) is 10.3. The van der Waals surface area contributed by atoms with Crippen molar-refractivity contribution in [2.24, 2.45) is 0 Å². The highest BCUT2D eigenvalue weighted by molar-refractivity contribution is 5.86. The Kier molecular flexibility index (Phi) is 15.5. The van der Waals surface area contributed by atoms with Gasteiger partial charge < -0.3 is 19.7 Å². The second-order valence-corrected chi connectivity index (χ2v) is 6.81. The molecule has 0 spiro atoms. The fourth-order valence-corrected chi connectivity index (χ4v) is 2.47. The summed E-state index contributed by atoms with van der Waals surface area (Å²) >= 11 is 0. The molecule has 10 heteroatoms. The number of rotatable bonds is 17. The Morgan fingerprint density at radius 3 is 0.967 bits per heavy atom. The standard InChI is InChI=1S/C20H30O10/c21-15(22)9-7-13-19(27)29-17(25)11-5-3-1-2-4-6-12-18(26)30-20(28)14-8-10-16(23)24/h1-14H2,(H,21,22)(H,23,24). The summed E-state index contributed by atoms with van der Waals surface area (Å²) in [6, 6.07) is 0. The van der Waals surface area contributed by atoms with Crippen LogP contribution in [0.5, 0.6) is 0 Å². The van der Waals surface area contributed by atoms with Crippen molar-refractivity contribution < 1.29 is 48.5 Å². The Labute approximate surface area is 174 Å². The summed E-state index contributed by atoms with van der Waals surface area (Å²) in [4.78, 5) is 66.3. The van der Waals surface area contributed by atoms with Crippen molar-refractivity contribution in [3.8, 4) is 0 Å². The molecule has 0 saturated carbocycles. The molecule has 0 aliphatic carbocycles. The molecule has 0 aromatic heterocycles. The van der Waals surface area contributed by atoms with E-state index in [1.807, 2.05) is 0 Å². The minimum absolute atomic E-state index is 0.103. The van der Waals surface area contributed by atoms with Gasteiger partial charge in [-0.1, -0.05) is 25.7 Å². The monoisotopic (exact) mass is 430 g/mol. The molecule has 2 N–H and O–H groups in total. The van der Waals surface area contributed by atoms with Crippen LogP contribution in [0.15, 0.2) is 0 Å². The van der Waals surface area contributed by atoms with Crippen molar-refractivity contribution in [2.75, 3.05) is 0 Å². The van der Waals surface area contributed by atoms with E-state index in [4.69, 9.17) is 10.2 Å². The number of carboxylic acids is 2. The number of unbranched alkanes of at least 4 members (excludes halogenated alkanes) is 5. The molecule has 0 aliphatic rings. The van der Waals surface area contributed by atoms with Gasteiger partial charge in [0.25, 0.3) is 0 Å². The average molecular weight is 430 g/mol. The number of carbonyl (C=O) groups excluding carboxylic acids is 4. The SMILES string of the molecule is O=C(O)CCCC(=O)OC(=O)CCCCCCCCC(=O)OC(=O)CCCC(=O)O. The fourth-order valence-electron chi connectivity index (χ4n) is 2.47. The topological polar surface area (TPSA) is 161 Å². The summed E-state index contributed by atoms with van der Waals surface area (Å²) in [6.07, 6.45) is 4.30. The highest BCUT2D eigenvalue weighted by Gasteiger charge is 2.12. The van der Waals surface area contributed by atoms with Gasteiger partial charge in [0.1, 0.15) is 0 Å². The summed E-state index contributed by atoms with van der Waals surface area (Å²) in [6.45, 7) is 0. The minimum Gasteiger partial charge on any atom is -0.481 e. The lowest BCUT2D eigenvalue weighted by atomic mass is 10.1. The van der Waals surface area contributed by atoms with Crippen LogP contribution >= 0.6 is 0 Å². The number of carbonyl (C=O) groups is 6. The number of carboxylic acid groups (broad SMARTS) is 2. The molecule has 170 valence electrons. The number of aliphatic carboxylic acids is 2. The Morgan fingerprint density at radius 2 is 0.667 bits per heavy atom. The van der Waals surface area contributed by atoms with Crippen LogP contribution in [0.2, 0.25) is 0 Å². The molecule has 0 atom stereocenters. The van der Waals surface area contributed by atoms with Crippen LogP contribution in [0.1, 0.15) is 89.9 Å².